The van der Waals surface area contributed by atoms with Crippen molar-refractivity contribution in [3.05, 3.63) is 35.1 Å². The second-order valence-electron chi connectivity index (χ2n) is 5.99. The molecule has 0 saturated carbocycles. The summed E-state index contributed by atoms with van der Waals surface area (Å²) < 4.78 is 13.9. The number of hydrogen-bond donors (Lipinski definition) is 1. The maximum atomic E-state index is 13.9. The first-order valence-electron chi connectivity index (χ1n) is 7.03. The second kappa shape index (κ2) is 5.82. The van der Waals surface area contributed by atoms with Gasteiger partial charge in [0.05, 0.1) is 17.0 Å². The van der Waals surface area contributed by atoms with Crippen molar-refractivity contribution >= 4 is 5.97 Å². The van der Waals surface area contributed by atoms with E-state index in [1.54, 1.807) is 12.1 Å². The zero-order valence-corrected chi connectivity index (χ0v) is 12.3. The first kappa shape index (κ1) is 15.5. The molecule has 1 unspecified atom stereocenters. The summed E-state index contributed by atoms with van der Waals surface area (Å²) in [6.45, 7) is 5.28. The van der Waals surface area contributed by atoms with E-state index in [2.05, 4.69) is 0 Å². The van der Waals surface area contributed by atoms with Crippen LogP contribution >= 0.6 is 0 Å². The third-order valence-electron chi connectivity index (χ3n) is 4.49. The Balaban J connectivity index is 2.13. The molecule has 0 aromatic heterocycles. The van der Waals surface area contributed by atoms with Crippen LogP contribution in [0.3, 0.4) is 0 Å². The third-order valence-corrected chi connectivity index (χ3v) is 4.49. The van der Waals surface area contributed by atoms with E-state index in [4.69, 9.17) is 5.26 Å². The molecule has 4 nitrogen and oxygen atoms in total. The molecule has 1 aliphatic rings. The van der Waals surface area contributed by atoms with Crippen LogP contribution in [0, 0.1) is 28.5 Å². The summed E-state index contributed by atoms with van der Waals surface area (Å²) >= 11 is 0. The molecule has 1 aromatic carbocycles. The lowest BCUT2D eigenvalue weighted by molar-refractivity contribution is -0.151. The number of halogens is 1. The van der Waals surface area contributed by atoms with Gasteiger partial charge < -0.3 is 5.11 Å². The van der Waals surface area contributed by atoms with Crippen molar-refractivity contribution in [3.63, 3.8) is 0 Å². The molecule has 0 spiro atoms. The quantitative estimate of drug-likeness (QED) is 0.926. The number of nitriles is 1. The van der Waals surface area contributed by atoms with Gasteiger partial charge in [0.2, 0.25) is 0 Å². The number of rotatable bonds is 4. The second-order valence-corrected chi connectivity index (χ2v) is 5.99. The molecule has 1 fully saturated rings. The van der Waals surface area contributed by atoms with E-state index >= 15 is 0 Å². The largest absolute Gasteiger partial charge is 0.481 e. The van der Waals surface area contributed by atoms with Gasteiger partial charge >= 0.3 is 5.97 Å². The fourth-order valence-electron chi connectivity index (χ4n) is 2.93. The Labute approximate surface area is 123 Å². The zero-order valence-electron chi connectivity index (χ0n) is 12.3. The number of hydrogen-bond acceptors (Lipinski definition) is 3. The van der Waals surface area contributed by atoms with Crippen molar-refractivity contribution in [3.8, 4) is 6.07 Å². The molecule has 1 saturated heterocycles. The average molecular weight is 290 g/mol. The molecule has 2 rings (SSSR count). The van der Waals surface area contributed by atoms with Crippen molar-refractivity contribution in [2.75, 3.05) is 13.1 Å². The zero-order chi connectivity index (χ0) is 15.6. The number of benzene rings is 1. The van der Waals surface area contributed by atoms with Crippen LogP contribution in [0.4, 0.5) is 4.39 Å². The summed E-state index contributed by atoms with van der Waals surface area (Å²) in [6.07, 6.45) is 0.581. The van der Waals surface area contributed by atoms with E-state index in [9.17, 15) is 14.3 Å². The van der Waals surface area contributed by atoms with Crippen molar-refractivity contribution in [1.82, 2.24) is 4.90 Å². The lowest BCUT2D eigenvalue weighted by Gasteiger charge is -2.28. The van der Waals surface area contributed by atoms with E-state index < -0.39 is 17.2 Å². The van der Waals surface area contributed by atoms with Gasteiger partial charge in [0.25, 0.3) is 0 Å². The highest BCUT2D eigenvalue weighted by Crippen LogP contribution is 2.38. The monoisotopic (exact) mass is 290 g/mol. The summed E-state index contributed by atoms with van der Waals surface area (Å²) in [5, 5.41) is 18.2. The molecular weight excluding hydrogens is 271 g/mol. The molecule has 1 aromatic rings. The van der Waals surface area contributed by atoms with Crippen LogP contribution in [0.25, 0.3) is 0 Å². The van der Waals surface area contributed by atoms with Crippen LogP contribution in [-0.4, -0.2) is 29.1 Å². The molecule has 5 heteroatoms. The van der Waals surface area contributed by atoms with Crippen LogP contribution in [0.1, 0.15) is 31.4 Å². The van der Waals surface area contributed by atoms with E-state index in [-0.39, 0.29) is 5.92 Å². The van der Waals surface area contributed by atoms with Crippen LogP contribution in [0.5, 0.6) is 0 Å². The maximum absolute atomic E-state index is 13.9. The minimum atomic E-state index is -0.777. The number of likely N-dealkylation sites (tertiary alicyclic amines) is 1. The molecule has 1 heterocycles. The molecule has 1 N–H and O–H groups in total. The molecule has 1 aliphatic heterocycles. The Hall–Kier alpha value is -1.93. The number of carboxylic acid groups (broad SMARTS) is 1. The Morgan fingerprint density at radius 1 is 1.57 bits per heavy atom. The summed E-state index contributed by atoms with van der Waals surface area (Å²) in [6, 6.07) is 6.31. The number of aliphatic carboxylic acids is 1. The Kier molecular flexibility index (Phi) is 4.29. The lowest BCUT2D eigenvalue weighted by Crippen LogP contribution is -2.39. The molecule has 112 valence electrons. The van der Waals surface area contributed by atoms with Gasteiger partial charge in [0.1, 0.15) is 5.82 Å². The summed E-state index contributed by atoms with van der Waals surface area (Å²) in [5.41, 5.74) is 0.0435. The minimum Gasteiger partial charge on any atom is -0.481 e. The molecule has 1 atom stereocenters. The van der Waals surface area contributed by atoms with Gasteiger partial charge in [-0.25, -0.2) is 4.39 Å². The van der Waals surface area contributed by atoms with E-state index in [1.165, 1.54) is 6.07 Å². The van der Waals surface area contributed by atoms with Gasteiger partial charge in [-0.2, -0.15) is 5.26 Å². The third kappa shape index (κ3) is 2.91. The topological polar surface area (TPSA) is 64.3 Å². The van der Waals surface area contributed by atoms with Crippen molar-refractivity contribution < 1.29 is 14.3 Å². The van der Waals surface area contributed by atoms with Crippen molar-refractivity contribution in [2.45, 2.75) is 26.8 Å². The van der Waals surface area contributed by atoms with E-state index in [0.29, 0.717) is 37.2 Å². The Morgan fingerprint density at radius 3 is 2.76 bits per heavy atom. The number of nitrogens with zero attached hydrogens (tertiary/aromatic N) is 2. The minimum absolute atomic E-state index is 0.0332. The van der Waals surface area contributed by atoms with Gasteiger partial charge in [-0.1, -0.05) is 19.9 Å². The van der Waals surface area contributed by atoms with Crippen LogP contribution in [0.2, 0.25) is 0 Å². The smallest absolute Gasteiger partial charge is 0.311 e. The van der Waals surface area contributed by atoms with Gasteiger partial charge in [0, 0.05) is 18.7 Å². The van der Waals surface area contributed by atoms with Gasteiger partial charge in [0.15, 0.2) is 0 Å². The SMILES string of the molecule is CC(C)C1(C(=O)O)CCN(Cc2ccc(C#N)cc2F)C1. The highest BCUT2D eigenvalue weighted by molar-refractivity contribution is 5.75. The first-order valence-corrected chi connectivity index (χ1v) is 7.03. The van der Waals surface area contributed by atoms with Crippen LogP contribution in [0.15, 0.2) is 18.2 Å². The summed E-state index contributed by atoms with van der Waals surface area (Å²) in [5.74, 6) is -1.16. The fourth-order valence-corrected chi connectivity index (χ4v) is 2.93. The van der Waals surface area contributed by atoms with Crippen molar-refractivity contribution in [1.29, 1.82) is 5.26 Å². The van der Waals surface area contributed by atoms with E-state index in [1.807, 2.05) is 24.8 Å². The highest BCUT2D eigenvalue weighted by atomic mass is 19.1. The number of carbonyl (C=O) groups is 1. The molecule has 0 radical (unpaired) electrons. The van der Waals surface area contributed by atoms with E-state index in [0.717, 1.165) is 0 Å². The normalized spacial score (nSPS) is 22.4. The summed E-state index contributed by atoms with van der Waals surface area (Å²) in [4.78, 5) is 13.5. The molecule has 0 bridgehead atoms. The lowest BCUT2D eigenvalue weighted by atomic mass is 9.76. The molecule has 0 aliphatic carbocycles. The van der Waals surface area contributed by atoms with Crippen molar-refractivity contribution in [2.24, 2.45) is 11.3 Å². The first-order chi connectivity index (χ1) is 9.89. The molecule has 0 amide bonds. The maximum Gasteiger partial charge on any atom is 0.311 e. The molecule has 21 heavy (non-hydrogen) atoms. The van der Waals surface area contributed by atoms with Crippen LogP contribution < -0.4 is 0 Å². The summed E-state index contributed by atoms with van der Waals surface area (Å²) in [7, 11) is 0. The predicted molar refractivity (Wildman–Crippen MR) is 75.9 cm³/mol. The Bertz CT molecular complexity index is 594. The Morgan fingerprint density at radius 2 is 2.29 bits per heavy atom. The van der Waals surface area contributed by atoms with Gasteiger partial charge in [-0.05, 0) is 31.0 Å². The highest BCUT2D eigenvalue weighted by Gasteiger charge is 2.47. The number of carboxylic acids is 1. The van der Waals surface area contributed by atoms with Gasteiger partial charge in [-0.15, -0.1) is 0 Å². The fraction of sp³-hybridized carbons (Fsp3) is 0.500. The molecular formula is C16H19FN2O2. The van der Waals surface area contributed by atoms with Crippen LogP contribution in [-0.2, 0) is 11.3 Å². The van der Waals surface area contributed by atoms with Gasteiger partial charge in [-0.3, -0.25) is 9.69 Å². The average Bonchev–Trinajstić information content (AvgIpc) is 2.86. The standard InChI is InChI=1S/C16H19FN2O2/c1-11(2)16(15(20)21)5-6-19(10-16)9-13-4-3-12(8-18)7-14(13)17/h3-4,7,11H,5-6,9-10H2,1-2H3,(H,20,21). The predicted octanol–water partition coefficient (Wildman–Crippen LogP) is 2.63.